The first kappa shape index (κ1) is 32.6. The maximum atomic E-state index is 13.9. The van der Waals surface area contributed by atoms with E-state index in [0.717, 1.165) is 27.9 Å². The van der Waals surface area contributed by atoms with E-state index in [0.29, 0.717) is 38.9 Å². The Morgan fingerprint density at radius 3 is 2.02 bits per heavy atom. The van der Waals surface area contributed by atoms with Crippen molar-refractivity contribution in [1.29, 1.82) is 0 Å². The van der Waals surface area contributed by atoms with Gasteiger partial charge in [0.15, 0.2) is 11.0 Å². The molecule has 9 heteroatoms. The van der Waals surface area contributed by atoms with Crippen LogP contribution in [0.25, 0.3) is 5.69 Å². The average Bonchev–Trinajstić information content (AvgIpc) is 3.44. The monoisotopic (exact) mass is 657 g/mol. The van der Waals surface area contributed by atoms with E-state index in [4.69, 9.17) is 23.2 Å². The largest absolute Gasteiger partial charge is 0.327 e. The number of carbonyl (C=O) groups excluding carboxylic acids is 1. The summed E-state index contributed by atoms with van der Waals surface area (Å²) in [5.41, 5.74) is 5.91. The van der Waals surface area contributed by atoms with Crippen LogP contribution in [0.4, 0.5) is 10.5 Å². The van der Waals surface area contributed by atoms with E-state index in [9.17, 15) is 4.79 Å². The van der Waals surface area contributed by atoms with Crippen molar-refractivity contribution in [3.8, 4) is 5.69 Å². The second kappa shape index (κ2) is 15.0. The molecule has 5 rings (SSSR count). The fourth-order valence-electron chi connectivity index (χ4n) is 5.27. The molecule has 1 atom stereocenters. The van der Waals surface area contributed by atoms with Crippen LogP contribution in [0.1, 0.15) is 73.7 Å². The molecule has 6 nitrogen and oxygen atoms in total. The van der Waals surface area contributed by atoms with Crippen molar-refractivity contribution in [3.63, 3.8) is 0 Å². The highest BCUT2D eigenvalue weighted by Crippen LogP contribution is 2.35. The van der Waals surface area contributed by atoms with Crippen LogP contribution in [0, 0.1) is 0 Å². The van der Waals surface area contributed by atoms with Gasteiger partial charge in [0, 0.05) is 22.9 Å². The van der Waals surface area contributed by atoms with Crippen molar-refractivity contribution in [2.45, 2.75) is 62.9 Å². The van der Waals surface area contributed by atoms with E-state index < -0.39 is 6.04 Å². The number of hydrogen-bond acceptors (Lipinski definition) is 4. The number of anilines is 1. The summed E-state index contributed by atoms with van der Waals surface area (Å²) in [4.78, 5) is 13.9. The Hall–Kier alpha value is -3.78. The number of hydrogen-bond donors (Lipinski definition) is 2. The number of aromatic nitrogens is 3. The zero-order valence-corrected chi connectivity index (χ0v) is 28.1. The fraction of sp³-hybridized carbons (Fsp3) is 0.250. The lowest BCUT2D eigenvalue weighted by molar-refractivity contribution is 0.247. The summed E-state index contributed by atoms with van der Waals surface area (Å²) in [6, 6.07) is 30.9. The third-order valence-electron chi connectivity index (χ3n) is 7.53. The molecule has 1 heterocycles. The normalized spacial score (nSPS) is 12.0. The maximum absolute atomic E-state index is 13.9. The predicted molar refractivity (Wildman–Crippen MR) is 187 cm³/mol. The smallest absolute Gasteiger partial charge is 0.319 e. The Kier molecular flexibility index (Phi) is 10.9. The molecule has 1 unspecified atom stereocenters. The van der Waals surface area contributed by atoms with Crippen molar-refractivity contribution in [2.75, 3.05) is 5.32 Å². The van der Waals surface area contributed by atoms with Crippen molar-refractivity contribution in [1.82, 2.24) is 20.1 Å². The zero-order chi connectivity index (χ0) is 31.9. The van der Waals surface area contributed by atoms with Gasteiger partial charge < -0.3 is 10.6 Å². The van der Waals surface area contributed by atoms with Gasteiger partial charge in [0.1, 0.15) is 0 Å². The lowest BCUT2D eigenvalue weighted by Gasteiger charge is -2.23. The molecule has 0 radical (unpaired) electrons. The fourth-order valence-corrected chi connectivity index (χ4v) is 6.67. The third-order valence-corrected chi connectivity index (χ3v) is 9.07. The molecule has 0 spiro atoms. The molecule has 0 aliphatic rings. The van der Waals surface area contributed by atoms with Crippen LogP contribution in [-0.4, -0.2) is 20.8 Å². The summed E-state index contributed by atoms with van der Waals surface area (Å²) in [5.74, 6) is 1.72. The van der Waals surface area contributed by atoms with Crippen molar-refractivity contribution in [3.05, 3.63) is 135 Å². The molecule has 0 aliphatic heterocycles. The first-order valence-electron chi connectivity index (χ1n) is 15.0. The standard InChI is InChI=1S/C36H37Cl2N5OS/c1-23(2)28-16-11-17-29(24(3)4)33(28)40-35(44)39-31(20-25-12-7-5-8-13-25)34-41-42-36(45-22-26-14-9-6-10-15-26)43(34)32-19-18-27(37)21-30(32)38/h5-19,21,23-24,31H,20,22H2,1-4H3,(H2,39,40,44). The first-order chi connectivity index (χ1) is 21.7. The van der Waals surface area contributed by atoms with Gasteiger partial charge in [-0.25, -0.2) is 4.79 Å². The number of benzene rings is 4. The van der Waals surface area contributed by atoms with Gasteiger partial charge in [0.25, 0.3) is 0 Å². The van der Waals surface area contributed by atoms with Crippen molar-refractivity contribution in [2.24, 2.45) is 0 Å². The minimum Gasteiger partial charge on any atom is -0.327 e. The van der Waals surface area contributed by atoms with Gasteiger partial charge in [0.2, 0.25) is 0 Å². The lowest BCUT2D eigenvalue weighted by atomic mass is 9.93. The maximum Gasteiger partial charge on any atom is 0.319 e. The summed E-state index contributed by atoms with van der Waals surface area (Å²) in [6.45, 7) is 8.53. The highest BCUT2D eigenvalue weighted by molar-refractivity contribution is 7.98. The Bertz CT molecular complexity index is 1720. The van der Waals surface area contributed by atoms with Crippen LogP contribution in [0.3, 0.4) is 0 Å². The number of urea groups is 1. The molecule has 0 saturated carbocycles. The Balaban J connectivity index is 1.55. The molecule has 4 aromatic carbocycles. The second-order valence-corrected chi connectivity index (χ2v) is 13.3. The zero-order valence-electron chi connectivity index (χ0n) is 25.8. The van der Waals surface area contributed by atoms with Crippen LogP contribution < -0.4 is 10.6 Å². The minimum absolute atomic E-state index is 0.235. The summed E-state index contributed by atoms with van der Waals surface area (Å²) < 4.78 is 1.93. The van der Waals surface area contributed by atoms with Gasteiger partial charge in [-0.2, -0.15) is 0 Å². The number of rotatable bonds is 11. The molecule has 0 bridgehead atoms. The van der Waals surface area contributed by atoms with E-state index in [-0.39, 0.29) is 17.9 Å². The van der Waals surface area contributed by atoms with Crippen molar-refractivity contribution >= 4 is 46.7 Å². The van der Waals surface area contributed by atoms with E-state index in [1.165, 1.54) is 0 Å². The molecule has 2 N–H and O–H groups in total. The van der Waals surface area contributed by atoms with Gasteiger partial charge in [-0.1, -0.05) is 142 Å². The van der Waals surface area contributed by atoms with E-state index in [1.54, 1.807) is 23.9 Å². The van der Waals surface area contributed by atoms with Crippen LogP contribution in [0.15, 0.2) is 102 Å². The summed E-state index contributed by atoms with van der Waals surface area (Å²) in [5, 5.41) is 17.4. The number of para-hydroxylation sites is 1. The van der Waals surface area contributed by atoms with Crippen LogP contribution in [0.2, 0.25) is 10.0 Å². The first-order valence-corrected chi connectivity index (χ1v) is 16.8. The number of nitrogens with zero attached hydrogens (tertiary/aromatic N) is 3. The molecule has 0 fully saturated rings. The molecule has 5 aromatic rings. The van der Waals surface area contributed by atoms with Crippen LogP contribution in [-0.2, 0) is 12.2 Å². The van der Waals surface area contributed by atoms with Gasteiger partial charge in [-0.05, 0) is 52.3 Å². The number of thioether (sulfide) groups is 1. The van der Waals surface area contributed by atoms with Crippen molar-refractivity contribution < 1.29 is 4.79 Å². The molecular weight excluding hydrogens is 621 g/mol. The average molecular weight is 659 g/mol. The predicted octanol–water partition coefficient (Wildman–Crippen LogP) is 10.2. The molecule has 2 amide bonds. The Labute approximate surface area is 279 Å². The summed E-state index contributed by atoms with van der Waals surface area (Å²) >= 11 is 14.6. The number of halogens is 2. The quantitative estimate of drug-likeness (QED) is 0.139. The number of carbonyl (C=O) groups is 1. The van der Waals surface area contributed by atoms with Gasteiger partial charge in [-0.15, -0.1) is 10.2 Å². The molecule has 0 aliphatic carbocycles. The van der Waals surface area contributed by atoms with Crippen LogP contribution >= 0.6 is 35.0 Å². The van der Waals surface area contributed by atoms with Gasteiger partial charge >= 0.3 is 6.03 Å². The van der Waals surface area contributed by atoms with Gasteiger partial charge in [-0.3, -0.25) is 4.57 Å². The van der Waals surface area contributed by atoms with E-state index >= 15 is 0 Å². The molecule has 1 aromatic heterocycles. The van der Waals surface area contributed by atoms with Gasteiger partial charge in [0.05, 0.1) is 16.8 Å². The molecule has 45 heavy (non-hydrogen) atoms. The van der Waals surface area contributed by atoms with E-state index in [2.05, 4.69) is 78.9 Å². The highest BCUT2D eigenvalue weighted by atomic mass is 35.5. The topological polar surface area (TPSA) is 71.8 Å². The second-order valence-electron chi connectivity index (χ2n) is 11.5. The Morgan fingerprint density at radius 1 is 0.800 bits per heavy atom. The summed E-state index contributed by atoms with van der Waals surface area (Å²) in [7, 11) is 0. The Morgan fingerprint density at radius 2 is 1.42 bits per heavy atom. The number of amides is 2. The van der Waals surface area contributed by atoms with Crippen LogP contribution in [0.5, 0.6) is 0 Å². The molecule has 232 valence electrons. The van der Waals surface area contributed by atoms with E-state index in [1.807, 2.05) is 59.2 Å². The molecule has 0 saturated heterocycles. The highest BCUT2D eigenvalue weighted by Gasteiger charge is 2.27. The lowest BCUT2D eigenvalue weighted by Crippen LogP contribution is -2.35. The third kappa shape index (κ3) is 8.09. The summed E-state index contributed by atoms with van der Waals surface area (Å²) in [6.07, 6.45) is 0.490. The minimum atomic E-state index is -0.536. The SMILES string of the molecule is CC(C)c1cccc(C(C)C)c1NC(=O)NC(Cc1ccccc1)c1nnc(SCc2ccccc2)n1-c1ccc(Cl)cc1Cl. The molecular formula is C36H37Cl2N5OS. The number of nitrogens with one attached hydrogen (secondary N) is 2.